The number of nitrogens with two attached hydrogens (primary N) is 1. The van der Waals surface area contributed by atoms with E-state index in [9.17, 15) is 26.0 Å². The average Bonchev–Trinajstić information content (AvgIpc) is 3.06. The molecule has 0 saturated carbocycles. The zero-order chi connectivity index (χ0) is 20.0. The van der Waals surface area contributed by atoms with Crippen LogP contribution < -0.4 is 5.14 Å². The molecule has 0 amide bonds. The van der Waals surface area contributed by atoms with Crippen molar-refractivity contribution in [1.82, 2.24) is 9.78 Å². The zero-order valence-corrected chi connectivity index (χ0v) is 14.6. The summed E-state index contributed by atoms with van der Waals surface area (Å²) in [5, 5.41) is 8.84. The average molecular weight is 399 g/mol. The normalized spacial score (nSPS) is 12.4. The van der Waals surface area contributed by atoms with E-state index in [0.717, 1.165) is 23.0 Å². The Kier molecular flexibility index (Phi) is 4.56. The van der Waals surface area contributed by atoms with E-state index in [1.165, 1.54) is 24.4 Å². The van der Waals surface area contributed by atoms with Gasteiger partial charge in [-0.3, -0.25) is 0 Å². The minimum Gasteiger partial charge on any atom is -0.239 e. The van der Waals surface area contributed by atoms with Crippen LogP contribution in [-0.4, -0.2) is 18.2 Å². The number of halogens is 4. The highest BCUT2D eigenvalue weighted by Gasteiger charge is 2.38. The first-order chi connectivity index (χ1) is 12.5. The monoisotopic (exact) mass is 399 g/mol. The van der Waals surface area contributed by atoms with Crippen molar-refractivity contribution in [3.8, 4) is 16.8 Å². The van der Waals surface area contributed by atoms with Gasteiger partial charge < -0.3 is 0 Å². The molecule has 2 N–H and O–H groups in total. The Morgan fingerprint density at radius 1 is 1.15 bits per heavy atom. The molecule has 10 heteroatoms. The highest BCUT2D eigenvalue weighted by molar-refractivity contribution is 7.89. The highest BCUT2D eigenvalue weighted by atomic mass is 32.2. The van der Waals surface area contributed by atoms with Gasteiger partial charge in [0, 0.05) is 18.0 Å². The maximum atomic E-state index is 14.3. The van der Waals surface area contributed by atoms with Gasteiger partial charge in [0.05, 0.1) is 11.3 Å². The molecule has 0 aliphatic rings. The molecule has 0 atom stereocenters. The lowest BCUT2D eigenvalue weighted by molar-refractivity contribution is -0.137. The van der Waals surface area contributed by atoms with E-state index in [4.69, 9.17) is 5.14 Å². The molecule has 3 rings (SSSR count). The number of alkyl halides is 3. The van der Waals surface area contributed by atoms with Gasteiger partial charge in [0.2, 0.25) is 10.0 Å². The number of aryl methyl sites for hydroxylation is 1. The second-order valence-corrected chi connectivity index (χ2v) is 7.38. The molecular formula is C17H13F4N3O2S. The van der Waals surface area contributed by atoms with Crippen molar-refractivity contribution in [1.29, 1.82) is 0 Å². The molecule has 27 heavy (non-hydrogen) atoms. The third-order valence-electron chi connectivity index (χ3n) is 3.86. The van der Waals surface area contributed by atoms with Crippen molar-refractivity contribution in [2.75, 3.05) is 0 Å². The summed E-state index contributed by atoms with van der Waals surface area (Å²) in [4.78, 5) is -0.809. The fourth-order valence-electron chi connectivity index (χ4n) is 2.69. The maximum Gasteiger partial charge on any atom is 0.418 e. The van der Waals surface area contributed by atoms with Crippen LogP contribution in [0.15, 0.2) is 53.7 Å². The van der Waals surface area contributed by atoms with Crippen LogP contribution in [0.4, 0.5) is 17.6 Å². The number of aromatic nitrogens is 2. The third-order valence-corrected chi connectivity index (χ3v) is 4.78. The molecule has 0 fully saturated rings. The molecule has 2 aromatic carbocycles. The summed E-state index contributed by atoms with van der Waals surface area (Å²) in [7, 11) is -4.58. The van der Waals surface area contributed by atoms with E-state index < -0.39 is 38.2 Å². The Hall–Kier alpha value is -2.72. The summed E-state index contributed by atoms with van der Waals surface area (Å²) in [6.45, 7) is 1.62. The SMILES string of the molecule is Cc1ccc(-c2cc(C(F)(F)F)c(-n3cccn3)c(S(N)(=O)=O)c2)c(F)c1. The summed E-state index contributed by atoms with van der Waals surface area (Å²) >= 11 is 0. The van der Waals surface area contributed by atoms with Crippen LogP contribution in [0.25, 0.3) is 16.8 Å². The Balaban J connectivity index is 2.43. The molecule has 0 spiro atoms. The molecule has 0 bridgehead atoms. The molecule has 1 heterocycles. The van der Waals surface area contributed by atoms with Crippen LogP contribution in [0.5, 0.6) is 0 Å². The van der Waals surface area contributed by atoms with Crippen molar-refractivity contribution >= 4 is 10.0 Å². The fraction of sp³-hybridized carbons (Fsp3) is 0.118. The van der Waals surface area contributed by atoms with E-state index in [1.807, 2.05) is 0 Å². The topological polar surface area (TPSA) is 78.0 Å². The predicted molar refractivity (Wildman–Crippen MR) is 90.1 cm³/mol. The fourth-order valence-corrected chi connectivity index (χ4v) is 3.45. The largest absolute Gasteiger partial charge is 0.418 e. The predicted octanol–water partition coefficient (Wildman–Crippen LogP) is 3.65. The number of hydrogen-bond donors (Lipinski definition) is 1. The van der Waals surface area contributed by atoms with Crippen LogP contribution >= 0.6 is 0 Å². The van der Waals surface area contributed by atoms with E-state index in [2.05, 4.69) is 5.10 Å². The van der Waals surface area contributed by atoms with Crippen LogP contribution in [0, 0.1) is 12.7 Å². The summed E-state index contributed by atoms with van der Waals surface area (Å²) in [5.41, 5.74) is -1.92. The number of sulfonamides is 1. The van der Waals surface area contributed by atoms with Gasteiger partial charge in [-0.1, -0.05) is 12.1 Å². The quantitative estimate of drug-likeness (QED) is 0.683. The summed E-state index contributed by atoms with van der Waals surface area (Å²) < 4.78 is 80.2. The molecular weight excluding hydrogens is 386 g/mol. The lowest BCUT2D eigenvalue weighted by Crippen LogP contribution is -2.20. The summed E-state index contributed by atoms with van der Waals surface area (Å²) in [6, 6.07) is 6.85. The lowest BCUT2D eigenvalue weighted by atomic mass is 9.99. The number of benzene rings is 2. The van der Waals surface area contributed by atoms with Gasteiger partial charge in [-0.15, -0.1) is 0 Å². The first-order valence-electron chi connectivity index (χ1n) is 7.53. The minimum atomic E-state index is -4.93. The minimum absolute atomic E-state index is 0.178. The Morgan fingerprint density at radius 2 is 1.85 bits per heavy atom. The van der Waals surface area contributed by atoms with Crippen LogP contribution in [-0.2, 0) is 16.2 Å². The Bertz CT molecular complexity index is 1110. The van der Waals surface area contributed by atoms with Crippen molar-refractivity contribution in [2.45, 2.75) is 18.0 Å². The first kappa shape index (κ1) is 19.1. The molecule has 1 aromatic heterocycles. The molecule has 0 radical (unpaired) electrons. The molecule has 0 unspecified atom stereocenters. The van der Waals surface area contributed by atoms with Crippen molar-refractivity contribution in [3.63, 3.8) is 0 Å². The van der Waals surface area contributed by atoms with Gasteiger partial charge in [0.25, 0.3) is 0 Å². The first-order valence-corrected chi connectivity index (χ1v) is 9.07. The lowest BCUT2D eigenvalue weighted by Gasteiger charge is -2.18. The summed E-state index contributed by atoms with van der Waals surface area (Å²) in [6.07, 6.45) is -2.58. The van der Waals surface area contributed by atoms with E-state index in [-0.39, 0.29) is 11.1 Å². The maximum absolute atomic E-state index is 14.3. The highest BCUT2D eigenvalue weighted by Crippen LogP contribution is 2.40. The van der Waals surface area contributed by atoms with E-state index in [0.29, 0.717) is 11.6 Å². The molecule has 0 aliphatic carbocycles. The van der Waals surface area contributed by atoms with E-state index in [1.54, 1.807) is 6.92 Å². The van der Waals surface area contributed by atoms with Gasteiger partial charge in [0.15, 0.2) is 0 Å². The zero-order valence-electron chi connectivity index (χ0n) is 13.8. The molecule has 3 aromatic rings. The van der Waals surface area contributed by atoms with Crippen LogP contribution in [0.2, 0.25) is 0 Å². The van der Waals surface area contributed by atoms with Crippen LogP contribution in [0.1, 0.15) is 11.1 Å². The van der Waals surface area contributed by atoms with Gasteiger partial charge in [0.1, 0.15) is 10.7 Å². The molecule has 142 valence electrons. The Labute approximate surface area is 152 Å². The van der Waals surface area contributed by atoms with Gasteiger partial charge in [-0.25, -0.2) is 22.6 Å². The molecule has 0 aliphatic heterocycles. The summed E-state index contributed by atoms with van der Waals surface area (Å²) in [5.74, 6) is -0.782. The van der Waals surface area contributed by atoms with Crippen molar-refractivity contribution < 1.29 is 26.0 Å². The van der Waals surface area contributed by atoms with Crippen LogP contribution in [0.3, 0.4) is 0 Å². The number of primary sulfonamides is 1. The van der Waals surface area contributed by atoms with Gasteiger partial charge >= 0.3 is 6.18 Å². The second kappa shape index (κ2) is 6.46. The van der Waals surface area contributed by atoms with Gasteiger partial charge in [-0.05, 0) is 42.3 Å². The number of hydrogen-bond acceptors (Lipinski definition) is 3. The number of rotatable bonds is 3. The number of nitrogens with zero attached hydrogens (tertiary/aromatic N) is 2. The van der Waals surface area contributed by atoms with Gasteiger partial charge in [-0.2, -0.15) is 18.3 Å². The van der Waals surface area contributed by atoms with E-state index >= 15 is 0 Å². The molecule has 0 saturated heterocycles. The molecule has 5 nitrogen and oxygen atoms in total. The standard InChI is InChI=1S/C17H13F4N3O2S/c1-10-3-4-12(14(18)7-10)11-8-13(17(19,20)21)16(24-6-2-5-23-24)15(9-11)27(22,25)26/h2-9H,1H3,(H2,22,25,26). The smallest absolute Gasteiger partial charge is 0.239 e. The Morgan fingerprint density at radius 3 is 2.37 bits per heavy atom. The third kappa shape index (κ3) is 3.71. The second-order valence-electron chi connectivity index (χ2n) is 5.85. The van der Waals surface area contributed by atoms with Crippen molar-refractivity contribution in [2.24, 2.45) is 5.14 Å². The van der Waals surface area contributed by atoms with Crippen molar-refractivity contribution in [3.05, 3.63) is 65.7 Å².